The molecule has 1 unspecified atom stereocenters. The average Bonchev–Trinajstić information content (AvgIpc) is 2.61. The van der Waals surface area contributed by atoms with Gasteiger partial charge in [0.25, 0.3) is 0 Å². The Morgan fingerprint density at radius 1 is 1.27 bits per heavy atom. The summed E-state index contributed by atoms with van der Waals surface area (Å²) in [6.45, 7) is 4.21. The minimum Gasteiger partial charge on any atom is -0.494 e. The maximum atomic E-state index is 12.5. The van der Waals surface area contributed by atoms with Crippen molar-refractivity contribution in [1.29, 1.82) is 0 Å². The molecule has 1 atom stereocenters. The highest BCUT2D eigenvalue weighted by Gasteiger charge is 2.29. The summed E-state index contributed by atoms with van der Waals surface area (Å²) in [6.07, 6.45) is 4.37. The van der Waals surface area contributed by atoms with E-state index < -0.39 is 22.0 Å². The van der Waals surface area contributed by atoms with Gasteiger partial charge in [-0.25, -0.2) is 8.42 Å². The number of rotatable bonds is 8. The van der Waals surface area contributed by atoms with E-state index in [2.05, 4.69) is 10.3 Å². The summed E-state index contributed by atoms with van der Waals surface area (Å²) in [4.78, 5) is 16.5. The van der Waals surface area contributed by atoms with Crippen LogP contribution in [0.2, 0.25) is 0 Å². The van der Waals surface area contributed by atoms with Gasteiger partial charge >= 0.3 is 0 Å². The molecule has 0 aliphatic heterocycles. The highest BCUT2D eigenvalue weighted by Crippen LogP contribution is 2.24. The zero-order valence-electron chi connectivity index (χ0n) is 15.0. The summed E-state index contributed by atoms with van der Waals surface area (Å²) in [5, 5.41) is 2.74. The lowest BCUT2D eigenvalue weighted by Gasteiger charge is -2.28. The van der Waals surface area contributed by atoms with Gasteiger partial charge in [0.15, 0.2) is 0 Å². The van der Waals surface area contributed by atoms with Gasteiger partial charge in [0.2, 0.25) is 15.9 Å². The average molecular weight is 377 g/mol. The van der Waals surface area contributed by atoms with Crippen molar-refractivity contribution in [2.75, 3.05) is 17.2 Å². The maximum Gasteiger partial charge on any atom is 0.243 e. The molecule has 7 nitrogen and oxygen atoms in total. The van der Waals surface area contributed by atoms with Crippen LogP contribution in [0.4, 0.5) is 5.69 Å². The van der Waals surface area contributed by atoms with Gasteiger partial charge in [0.1, 0.15) is 11.8 Å². The summed E-state index contributed by atoms with van der Waals surface area (Å²) < 4.78 is 31.0. The predicted molar refractivity (Wildman–Crippen MR) is 100 cm³/mol. The number of hydrogen-bond donors (Lipinski definition) is 1. The van der Waals surface area contributed by atoms with Gasteiger partial charge in [-0.1, -0.05) is 6.07 Å². The first-order chi connectivity index (χ1) is 12.3. The second-order valence-corrected chi connectivity index (χ2v) is 7.60. The topological polar surface area (TPSA) is 88.6 Å². The van der Waals surface area contributed by atoms with E-state index in [-0.39, 0.29) is 6.54 Å². The van der Waals surface area contributed by atoms with Crippen LogP contribution >= 0.6 is 0 Å². The highest BCUT2D eigenvalue weighted by molar-refractivity contribution is 7.92. The third-order valence-electron chi connectivity index (χ3n) is 3.68. The second-order valence-electron chi connectivity index (χ2n) is 5.74. The number of hydrogen-bond acceptors (Lipinski definition) is 5. The van der Waals surface area contributed by atoms with Crippen molar-refractivity contribution in [1.82, 2.24) is 10.3 Å². The van der Waals surface area contributed by atoms with Gasteiger partial charge < -0.3 is 10.1 Å². The van der Waals surface area contributed by atoms with Gasteiger partial charge in [-0.3, -0.25) is 14.1 Å². The molecule has 2 rings (SSSR count). The maximum absolute atomic E-state index is 12.5. The Balaban J connectivity index is 2.16. The number of nitrogens with one attached hydrogen (secondary N) is 1. The number of amides is 1. The normalized spacial score (nSPS) is 12.3. The van der Waals surface area contributed by atoms with Crippen LogP contribution in [-0.2, 0) is 21.4 Å². The van der Waals surface area contributed by atoms with Crippen molar-refractivity contribution >= 4 is 21.6 Å². The number of ether oxygens (including phenoxy) is 1. The molecule has 0 radical (unpaired) electrons. The Bertz CT molecular complexity index is 823. The van der Waals surface area contributed by atoms with Gasteiger partial charge in [-0.2, -0.15) is 0 Å². The molecule has 0 bridgehead atoms. The number of benzene rings is 1. The number of aromatic nitrogens is 1. The van der Waals surface area contributed by atoms with Crippen molar-refractivity contribution in [2.24, 2.45) is 0 Å². The molecule has 0 spiro atoms. The molecule has 0 aliphatic rings. The molecule has 0 saturated heterocycles. The summed E-state index contributed by atoms with van der Waals surface area (Å²) in [7, 11) is -3.65. The zero-order chi connectivity index (χ0) is 19.2. The molecule has 1 amide bonds. The number of carbonyl (C=O) groups excluding carboxylic acids is 1. The quantitative estimate of drug-likeness (QED) is 0.760. The van der Waals surface area contributed by atoms with E-state index >= 15 is 0 Å². The number of carbonyl (C=O) groups is 1. The third-order valence-corrected chi connectivity index (χ3v) is 4.92. The van der Waals surface area contributed by atoms with Crippen LogP contribution < -0.4 is 14.4 Å². The summed E-state index contributed by atoms with van der Waals surface area (Å²) in [5.74, 6) is 0.242. The number of pyridine rings is 1. The van der Waals surface area contributed by atoms with Crippen LogP contribution in [0.3, 0.4) is 0 Å². The smallest absolute Gasteiger partial charge is 0.243 e. The Morgan fingerprint density at radius 3 is 2.50 bits per heavy atom. The first-order valence-electron chi connectivity index (χ1n) is 8.21. The first-order valence-corrected chi connectivity index (χ1v) is 10.1. The van der Waals surface area contributed by atoms with Crippen molar-refractivity contribution in [2.45, 2.75) is 26.4 Å². The van der Waals surface area contributed by atoms with E-state index in [9.17, 15) is 13.2 Å². The Kier molecular flexibility index (Phi) is 6.57. The largest absolute Gasteiger partial charge is 0.494 e. The fourth-order valence-corrected chi connectivity index (χ4v) is 3.68. The fourth-order valence-electron chi connectivity index (χ4n) is 2.50. The number of anilines is 1. The molecule has 0 fully saturated rings. The minimum atomic E-state index is -3.65. The molecule has 0 aliphatic carbocycles. The lowest BCUT2D eigenvalue weighted by Crippen LogP contribution is -2.47. The molecule has 8 heteroatoms. The van der Waals surface area contributed by atoms with Gasteiger partial charge in [-0.05, 0) is 49.7 Å². The van der Waals surface area contributed by atoms with E-state index in [1.807, 2.05) is 13.0 Å². The highest BCUT2D eigenvalue weighted by atomic mass is 32.2. The molecule has 1 aromatic heterocycles. The van der Waals surface area contributed by atoms with Crippen LogP contribution in [0.1, 0.15) is 19.4 Å². The van der Waals surface area contributed by atoms with E-state index in [1.54, 1.807) is 49.6 Å². The Hall–Kier alpha value is -2.61. The van der Waals surface area contributed by atoms with Crippen LogP contribution in [0.25, 0.3) is 0 Å². The fraction of sp³-hybridized carbons (Fsp3) is 0.333. The summed E-state index contributed by atoms with van der Waals surface area (Å²) >= 11 is 0. The van der Waals surface area contributed by atoms with Gasteiger partial charge in [-0.15, -0.1) is 0 Å². The van der Waals surface area contributed by atoms with E-state index in [1.165, 1.54) is 0 Å². The van der Waals surface area contributed by atoms with Crippen molar-refractivity contribution in [3.63, 3.8) is 0 Å². The SMILES string of the molecule is CCOc1ccc(N(C(C)C(=O)NCc2cccnc2)S(C)(=O)=O)cc1. The monoisotopic (exact) mass is 377 g/mol. The first kappa shape index (κ1) is 19.7. The Morgan fingerprint density at radius 2 is 1.96 bits per heavy atom. The zero-order valence-corrected chi connectivity index (χ0v) is 15.9. The van der Waals surface area contributed by atoms with Crippen molar-refractivity contribution < 1.29 is 17.9 Å². The lowest BCUT2D eigenvalue weighted by atomic mass is 10.2. The molecule has 1 N–H and O–H groups in total. The van der Waals surface area contributed by atoms with Crippen molar-refractivity contribution in [3.8, 4) is 5.75 Å². The predicted octanol–water partition coefficient (Wildman–Crippen LogP) is 1.95. The minimum absolute atomic E-state index is 0.276. The van der Waals surface area contributed by atoms with E-state index in [0.717, 1.165) is 16.1 Å². The van der Waals surface area contributed by atoms with E-state index in [0.29, 0.717) is 18.0 Å². The molecule has 1 aromatic carbocycles. The third kappa shape index (κ3) is 5.19. The second kappa shape index (κ2) is 8.66. The van der Waals surface area contributed by atoms with E-state index in [4.69, 9.17) is 4.74 Å². The molecular weight excluding hydrogens is 354 g/mol. The number of nitrogens with zero attached hydrogens (tertiary/aromatic N) is 2. The molecule has 0 saturated carbocycles. The molecular formula is C18H23N3O4S. The van der Waals surface area contributed by atoms with Gasteiger partial charge in [0, 0.05) is 18.9 Å². The van der Waals surface area contributed by atoms with Gasteiger partial charge in [0.05, 0.1) is 18.6 Å². The van der Waals surface area contributed by atoms with Crippen LogP contribution in [0, 0.1) is 0 Å². The molecule has 26 heavy (non-hydrogen) atoms. The number of sulfonamides is 1. The van der Waals surface area contributed by atoms with Crippen molar-refractivity contribution in [3.05, 3.63) is 54.4 Å². The molecule has 140 valence electrons. The Labute approximate surface area is 154 Å². The van der Waals surface area contributed by atoms with Crippen LogP contribution in [-0.4, -0.2) is 38.2 Å². The summed E-state index contributed by atoms with van der Waals surface area (Å²) in [5.41, 5.74) is 1.24. The van der Waals surface area contributed by atoms with Crippen LogP contribution in [0.15, 0.2) is 48.8 Å². The summed E-state index contributed by atoms with van der Waals surface area (Å²) in [6, 6.07) is 9.30. The standard InChI is InChI=1S/C18H23N3O4S/c1-4-25-17-9-7-16(8-10-17)21(26(3,23)24)14(2)18(22)20-13-15-6-5-11-19-12-15/h5-12,14H,4,13H2,1-3H3,(H,20,22). The molecule has 2 aromatic rings. The van der Waals surface area contributed by atoms with Crippen LogP contribution in [0.5, 0.6) is 5.75 Å². The molecule has 1 heterocycles. The lowest BCUT2D eigenvalue weighted by molar-refractivity contribution is -0.122.